The molecule has 1 aromatic rings. The topological polar surface area (TPSA) is 59.2 Å². The maximum atomic E-state index is 12.7. The molecule has 2 bridgehead atoms. The summed E-state index contributed by atoms with van der Waals surface area (Å²) in [6.07, 6.45) is 5.68. The number of aromatic nitrogens is 1. The van der Waals surface area contributed by atoms with Gasteiger partial charge in [0.15, 0.2) is 0 Å². The van der Waals surface area contributed by atoms with E-state index in [-0.39, 0.29) is 30.7 Å². The number of rotatable bonds is 3. The number of amides is 1. The van der Waals surface area contributed by atoms with Gasteiger partial charge in [0.05, 0.1) is 17.7 Å². The SMILES string of the molecule is Cc1ncsc1CN(C)C(=O)C1CC2CCCC(C1)C2N.Cl.Cl. The van der Waals surface area contributed by atoms with Crippen LogP contribution in [-0.2, 0) is 11.3 Å². The summed E-state index contributed by atoms with van der Waals surface area (Å²) in [4.78, 5) is 20.1. The third kappa shape index (κ3) is 4.38. The predicted octanol–water partition coefficient (Wildman–Crippen LogP) is 3.41. The molecule has 4 nitrogen and oxygen atoms in total. The van der Waals surface area contributed by atoms with Gasteiger partial charge in [0.1, 0.15) is 0 Å². The van der Waals surface area contributed by atoms with Gasteiger partial charge in [0.25, 0.3) is 0 Å². The number of carbonyl (C=O) groups excluding carboxylic acids is 1. The molecule has 2 fully saturated rings. The lowest BCUT2D eigenvalue weighted by molar-refractivity contribution is -0.137. The molecule has 0 saturated heterocycles. The third-order valence-corrected chi connectivity index (χ3v) is 6.28. The van der Waals surface area contributed by atoms with Crippen molar-refractivity contribution in [3.8, 4) is 0 Å². The first-order valence-electron chi connectivity index (χ1n) is 7.95. The zero-order valence-corrected chi connectivity index (χ0v) is 16.2. The molecule has 2 N–H and O–H groups in total. The van der Waals surface area contributed by atoms with Crippen molar-refractivity contribution in [1.29, 1.82) is 0 Å². The fourth-order valence-electron chi connectivity index (χ4n) is 4.07. The molecule has 2 saturated carbocycles. The Morgan fingerprint density at radius 1 is 1.35 bits per heavy atom. The van der Waals surface area contributed by atoms with Crippen LogP contribution in [0.4, 0.5) is 0 Å². The predicted molar refractivity (Wildman–Crippen MR) is 99.4 cm³/mol. The van der Waals surface area contributed by atoms with E-state index in [9.17, 15) is 4.79 Å². The van der Waals surface area contributed by atoms with Gasteiger partial charge in [-0.05, 0) is 44.4 Å². The van der Waals surface area contributed by atoms with Crippen LogP contribution in [0.3, 0.4) is 0 Å². The van der Waals surface area contributed by atoms with Crippen molar-refractivity contribution in [3.63, 3.8) is 0 Å². The Kier molecular flexibility index (Phi) is 7.78. The minimum absolute atomic E-state index is 0. The summed E-state index contributed by atoms with van der Waals surface area (Å²) in [7, 11) is 1.92. The average Bonchev–Trinajstić information content (AvgIpc) is 2.83. The minimum atomic E-state index is 0. The molecule has 0 spiro atoms. The summed E-state index contributed by atoms with van der Waals surface area (Å²) < 4.78 is 0. The molecule has 2 aliphatic rings. The van der Waals surface area contributed by atoms with Gasteiger partial charge in [0, 0.05) is 23.9 Å². The van der Waals surface area contributed by atoms with E-state index in [1.54, 1.807) is 11.3 Å². The fourth-order valence-corrected chi connectivity index (χ4v) is 4.90. The lowest BCUT2D eigenvalue weighted by atomic mass is 9.65. The van der Waals surface area contributed by atoms with Crippen LogP contribution in [0, 0.1) is 24.7 Å². The highest BCUT2D eigenvalue weighted by atomic mass is 35.5. The van der Waals surface area contributed by atoms with Gasteiger partial charge in [-0.15, -0.1) is 36.2 Å². The van der Waals surface area contributed by atoms with Crippen molar-refractivity contribution in [2.45, 2.75) is 51.6 Å². The molecule has 0 aliphatic heterocycles. The molecular formula is C16H27Cl2N3OS. The Labute approximate surface area is 155 Å². The molecule has 2 atom stereocenters. The molecule has 23 heavy (non-hydrogen) atoms. The van der Waals surface area contributed by atoms with Crippen LogP contribution in [0.5, 0.6) is 0 Å². The highest BCUT2D eigenvalue weighted by Crippen LogP contribution is 2.42. The maximum absolute atomic E-state index is 12.7. The van der Waals surface area contributed by atoms with Crippen LogP contribution >= 0.6 is 36.2 Å². The molecule has 7 heteroatoms. The molecule has 1 amide bonds. The van der Waals surface area contributed by atoms with E-state index in [4.69, 9.17) is 5.73 Å². The van der Waals surface area contributed by atoms with Gasteiger partial charge in [-0.3, -0.25) is 4.79 Å². The molecule has 1 aromatic heterocycles. The lowest BCUT2D eigenvalue weighted by Crippen LogP contribution is -2.49. The van der Waals surface area contributed by atoms with Gasteiger partial charge < -0.3 is 10.6 Å². The molecule has 3 rings (SSSR count). The van der Waals surface area contributed by atoms with Crippen molar-refractivity contribution >= 4 is 42.1 Å². The smallest absolute Gasteiger partial charge is 0.225 e. The zero-order chi connectivity index (χ0) is 15.0. The van der Waals surface area contributed by atoms with Crippen LogP contribution in [0.15, 0.2) is 5.51 Å². The highest BCUT2D eigenvalue weighted by Gasteiger charge is 2.41. The Bertz CT molecular complexity index is 511. The average molecular weight is 380 g/mol. The molecule has 132 valence electrons. The number of thiazole rings is 1. The van der Waals surface area contributed by atoms with Crippen molar-refractivity contribution in [1.82, 2.24) is 9.88 Å². The highest BCUT2D eigenvalue weighted by molar-refractivity contribution is 7.09. The van der Waals surface area contributed by atoms with E-state index in [0.29, 0.717) is 30.3 Å². The molecular weight excluding hydrogens is 353 g/mol. The quantitative estimate of drug-likeness (QED) is 0.874. The first-order valence-corrected chi connectivity index (χ1v) is 8.83. The summed E-state index contributed by atoms with van der Waals surface area (Å²) in [6.45, 7) is 2.70. The van der Waals surface area contributed by atoms with Gasteiger partial charge in [-0.25, -0.2) is 4.98 Å². The second-order valence-corrected chi connectivity index (χ2v) is 7.69. The Balaban J connectivity index is 0.00000132. The summed E-state index contributed by atoms with van der Waals surface area (Å²) in [5, 5.41) is 0. The van der Waals surface area contributed by atoms with Gasteiger partial charge >= 0.3 is 0 Å². The van der Waals surface area contributed by atoms with Crippen LogP contribution in [0.1, 0.15) is 42.7 Å². The van der Waals surface area contributed by atoms with E-state index in [0.717, 1.165) is 18.5 Å². The van der Waals surface area contributed by atoms with E-state index in [1.165, 1.54) is 24.1 Å². The Morgan fingerprint density at radius 3 is 2.48 bits per heavy atom. The van der Waals surface area contributed by atoms with Gasteiger partial charge in [0.2, 0.25) is 5.91 Å². The van der Waals surface area contributed by atoms with E-state index in [1.807, 2.05) is 24.4 Å². The molecule has 2 unspecified atom stereocenters. The summed E-state index contributed by atoms with van der Waals surface area (Å²) >= 11 is 1.63. The van der Waals surface area contributed by atoms with E-state index >= 15 is 0 Å². The summed E-state index contributed by atoms with van der Waals surface area (Å²) in [6, 6.07) is 0.330. The third-order valence-electron chi connectivity index (χ3n) is 5.36. The number of fused-ring (bicyclic) bond motifs is 2. The number of hydrogen-bond acceptors (Lipinski definition) is 4. The van der Waals surface area contributed by atoms with Crippen LogP contribution in [0.2, 0.25) is 0 Å². The van der Waals surface area contributed by atoms with Gasteiger partial charge in [-0.2, -0.15) is 0 Å². The summed E-state index contributed by atoms with van der Waals surface area (Å²) in [5.41, 5.74) is 9.22. The standard InChI is InChI=1S/C16H25N3OS.2ClH/c1-10-14(21-9-18-10)8-19(2)16(20)13-6-11-4-3-5-12(7-13)15(11)17;;/h9,11-13,15H,3-8,17H2,1-2H3;2*1H. The fraction of sp³-hybridized carbons (Fsp3) is 0.750. The lowest BCUT2D eigenvalue weighted by Gasteiger charge is -2.44. The molecule has 2 aliphatic carbocycles. The number of hydrogen-bond donors (Lipinski definition) is 1. The summed E-state index contributed by atoms with van der Waals surface area (Å²) in [5.74, 6) is 1.60. The Morgan fingerprint density at radius 2 is 1.96 bits per heavy atom. The van der Waals surface area contributed by atoms with Gasteiger partial charge in [-0.1, -0.05) is 6.42 Å². The second kappa shape index (κ2) is 8.65. The number of nitrogens with zero attached hydrogens (tertiary/aromatic N) is 2. The molecule has 1 heterocycles. The normalized spacial score (nSPS) is 29.2. The van der Waals surface area contributed by atoms with E-state index < -0.39 is 0 Å². The minimum Gasteiger partial charge on any atom is -0.340 e. The number of carbonyl (C=O) groups is 1. The number of aryl methyl sites for hydroxylation is 1. The van der Waals surface area contributed by atoms with Crippen LogP contribution in [0.25, 0.3) is 0 Å². The second-order valence-electron chi connectivity index (χ2n) is 6.75. The largest absolute Gasteiger partial charge is 0.340 e. The number of nitrogens with two attached hydrogens (primary N) is 1. The van der Waals surface area contributed by atoms with Crippen molar-refractivity contribution < 1.29 is 4.79 Å². The first-order chi connectivity index (χ1) is 10.1. The van der Waals surface area contributed by atoms with Crippen molar-refractivity contribution in [3.05, 3.63) is 16.1 Å². The Hall–Kier alpha value is -0.360. The monoisotopic (exact) mass is 379 g/mol. The maximum Gasteiger partial charge on any atom is 0.225 e. The first kappa shape index (κ1) is 20.7. The van der Waals surface area contributed by atoms with Crippen LogP contribution in [-0.4, -0.2) is 28.9 Å². The van der Waals surface area contributed by atoms with Crippen LogP contribution < -0.4 is 5.73 Å². The zero-order valence-electron chi connectivity index (χ0n) is 13.7. The van der Waals surface area contributed by atoms with Crippen molar-refractivity contribution in [2.75, 3.05) is 7.05 Å². The van der Waals surface area contributed by atoms with E-state index in [2.05, 4.69) is 4.98 Å². The molecule has 0 aromatic carbocycles. The number of halogens is 2. The molecule has 0 radical (unpaired) electrons. The van der Waals surface area contributed by atoms with Crippen molar-refractivity contribution in [2.24, 2.45) is 23.5 Å².